The van der Waals surface area contributed by atoms with Crippen molar-refractivity contribution in [2.45, 2.75) is 18.9 Å². The maximum atomic E-state index is 12.3. The quantitative estimate of drug-likeness (QED) is 0.776. The van der Waals surface area contributed by atoms with Crippen molar-refractivity contribution in [3.8, 4) is 0 Å². The van der Waals surface area contributed by atoms with Gasteiger partial charge in [-0.15, -0.1) is 12.4 Å². The summed E-state index contributed by atoms with van der Waals surface area (Å²) in [7, 11) is 0. The van der Waals surface area contributed by atoms with E-state index in [4.69, 9.17) is 0 Å². The predicted molar refractivity (Wildman–Crippen MR) is 116 cm³/mol. The van der Waals surface area contributed by atoms with E-state index in [0.717, 1.165) is 52.2 Å². The Balaban J connectivity index is 0.00000225. The van der Waals surface area contributed by atoms with Gasteiger partial charge >= 0.3 is 0 Å². The van der Waals surface area contributed by atoms with E-state index in [-0.39, 0.29) is 24.2 Å². The SMILES string of the molecule is Cl.O=C(NCCN1CCN(Cc2ccccc2)CC1)[C@@H]1C[C@H]1c1ccccc1. The van der Waals surface area contributed by atoms with E-state index < -0.39 is 0 Å². The molecule has 1 saturated carbocycles. The molecule has 2 aromatic rings. The highest BCUT2D eigenvalue weighted by atomic mass is 35.5. The Morgan fingerprint density at radius 2 is 1.50 bits per heavy atom. The summed E-state index contributed by atoms with van der Waals surface area (Å²) in [6.45, 7) is 7.11. The zero-order valence-electron chi connectivity index (χ0n) is 16.3. The summed E-state index contributed by atoms with van der Waals surface area (Å²) >= 11 is 0. The molecule has 0 spiro atoms. The Kier molecular flexibility index (Phi) is 7.49. The van der Waals surface area contributed by atoms with Gasteiger partial charge in [0.15, 0.2) is 0 Å². The van der Waals surface area contributed by atoms with Crippen LogP contribution in [-0.2, 0) is 11.3 Å². The lowest BCUT2D eigenvalue weighted by Crippen LogP contribution is -2.48. The molecule has 2 aromatic carbocycles. The molecule has 150 valence electrons. The molecule has 0 radical (unpaired) electrons. The summed E-state index contributed by atoms with van der Waals surface area (Å²) in [5, 5.41) is 3.15. The molecule has 28 heavy (non-hydrogen) atoms. The third-order valence-corrected chi connectivity index (χ3v) is 5.80. The lowest BCUT2D eigenvalue weighted by Gasteiger charge is -2.34. The lowest BCUT2D eigenvalue weighted by atomic mass is 10.1. The summed E-state index contributed by atoms with van der Waals surface area (Å²) in [5.74, 6) is 0.828. The van der Waals surface area contributed by atoms with Crippen molar-refractivity contribution in [2.24, 2.45) is 5.92 Å². The van der Waals surface area contributed by atoms with Crippen LogP contribution in [0.3, 0.4) is 0 Å². The summed E-state index contributed by atoms with van der Waals surface area (Å²) < 4.78 is 0. The molecule has 0 aromatic heterocycles. The van der Waals surface area contributed by atoms with E-state index in [1.807, 2.05) is 6.07 Å². The van der Waals surface area contributed by atoms with Crippen molar-refractivity contribution in [2.75, 3.05) is 39.3 Å². The first kappa shape index (κ1) is 20.8. The van der Waals surface area contributed by atoms with Gasteiger partial charge in [-0.3, -0.25) is 14.6 Å². The topological polar surface area (TPSA) is 35.6 Å². The molecule has 0 unspecified atom stereocenters. The van der Waals surface area contributed by atoms with Crippen LogP contribution in [0.2, 0.25) is 0 Å². The van der Waals surface area contributed by atoms with Crippen molar-refractivity contribution >= 4 is 18.3 Å². The van der Waals surface area contributed by atoms with Crippen LogP contribution < -0.4 is 5.32 Å². The zero-order valence-corrected chi connectivity index (χ0v) is 17.1. The second-order valence-corrected chi connectivity index (χ2v) is 7.75. The van der Waals surface area contributed by atoms with Gasteiger partial charge in [-0.25, -0.2) is 0 Å². The average Bonchev–Trinajstić information content (AvgIpc) is 3.52. The standard InChI is InChI=1S/C23H29N3O.ClH/c27-23(22-17-21(22)20-9-5-2-6-10-20)24-11-12-25-13-15-26(16-14-25)18-19-7-3-1-4-8-19;/h1-10,21-22H,11-18H2,(H,24,27);1H/t21-,22+;/m0./s1. The highest BCUT2D eigenvalue weighted by molar-refractivity contribution is 5.85. The van der Waals surface area contributed by atoms with Crippen LogP contribution in [0, 0.1) is 5.92 Å². The second kappa shape index (κ2) is 10.1. The molecule has 4 rings (SSSR count). The summed E-state index contributed by atoms with van der Waals surface area (Å²) in [6, 6.07) is 21.1. The molecule has 1 saturated heterocycles. The fourth-order valence-electron chi connectivity index (χ4n) is 4.03. The highest BCUT2D eigenvalue weighted by Crippen LogP contribution is 2.47. The maximum absolute atomic E-state index is 12.3. The van der Waals surface area contributed by atoms with Gasteiger partial charge in [0, 0.05) is 51.7 Å². The van der Waals surface area contributed by atoms with Gasteiger partial charge in [-0.1, -0.05) is 60.7 Å². The smallest absolute Gasteiger partial charge is 0.223 e. The van der Waals surface area contributed by atoms with Gasteiger partial charge in [-0.05, 0) is 23.5 Å². The molecule has 2 fully saturated rings. The van der Waals surface area contributed by atoms with Crippen LogP contribution in [0.5, 0.6) is 0 Å². The van der Waals surface area contributed by atoms with Crippen molar-refractivity contribution in [3.05, 3.63) is 71.8 Å². The number of amides is 1. The zero-order chi connectivity index (χ0) is 18.5. The molecular weight excluding hydrogens is 370 g/mol. The number of benzene rings is 2. The van der Waals surface area contributed by atoms with Crippen LogP contribution in [0.4, 0.5) is 0 Å². The summed E-state index contributed by atoms with van der Waals surface area (Å²) in [6.07, 6.45) is 0.994. The Labute approximate surface area is 174 Å². The molecule has 1 N–H and O–H groups in total. The number of halogens is 1. The minimum Gasteiger partial charge on any atom is -0.355 e. The number of hydrogen-bond acceptors (Lipinski definition) is 3. The first-order valence-corrected chi connectivity index (χ1v) is 10.1. The third kappa shape index (κ3) is 5.57. The second-order valence-electron chi connectivity index (χ2n) is 7.75. The third-order valence-electron chi connectivity index (χ3n) is 5.80. The van der Waals surface area contributed by atoms with Crippen LogP contribution in [0.25, 0.3) is 0 Å². The minimum atomic E-state index is 0. The van der Waals surface area contributed by atoms with Gasteiger partial charge in [0.25, 0.3) is 0 Å². The minimum absolute atomic E-state index is 0. The van der Waals surface area contributed by atoms with E-state index in [1.165, 1.54) is 11.1 Å². The van der Waals surface area contributed by atoms with Crippen LogP contribution in [0.15, 0.2) is 60.7 Å². The predicted octanol–water partition coefficient (Wildman–Crippen LogP) is 3.15. The number of hydrogen-bond donors (Lipinski definition) is 1. The molecule has 0 bridgehead atoms. The fraction of sp³-hybridized carbons (Fsp3) is 0.435. The molecule has 1 aliphatic heterocycles. The molecule has 5 heteroatoms. The van der Waals surface area contributed by atoms with Crippen molar-refractivity contribution < 1.29 is 4.79 Å². The van der Waals surface area contributed by atoms with E-state index in [2.05, 4.69) is 69.7 Å². The Hall–Kier alpha value is -1.88. The van der Waals surface area contributed by atoms with Gasteiger partial charge in [0.1, 0.15) is 0 Å². The average molecular weight is 400 g/mol. The van der Waals surface area contributed by atoms with Gasteiger partial charge in [0.05, 0.1) is 0 Å². The Morgan fingerprint density at radius 1 is 0.893 bits per heavy atom. The molecule has 2 aliphatic rings. The molecule has 1 aliphatic carbocycles. The number of nitrogens with zero attached hydrogens (tertiary/aromatic N) is 2. The van der Waals surface area contributed by atoms with Crippen LogP contribution in [-0.4, -0.2) is 55.0 Å². The summed E-state index contributed by atoms with van der Waals surface area (Å²) in [4.78, 5) is 17.3. The van der Waals surface area contributed by atoms with Crippen molar-refractivity contribution in [1.82, 2.24) is 15.1 Å². The molecule has 1 amide bonds. The van der Waals surface area contributed by atoms with Crippen LogP contribution in [0.1, 0.15) is 23.5 Å². The monoisotopic (exact) mass is 399 g/mol. The van der Waals surface area contributed by atoms with E-state index in [0.29, 0.717) is 5.92 Å². The lowest BCUT2D eigenvalue weighted by molar-refractivity contribution is -0.122. The number of piperazine rings is 1. The van der Waals surface area contributed by atoms with Crippen LogP contribution >= 0.6 is 12.4 Å². The normalized spacial score (nSPS) is 22.3. The molecule has 4 nitrogen and oxygen atoms in total. The number of carbonyl (C=O) groups excluding carboxylic acids is 1. The largest absolute Gasteiger partial charge is 0.355 e. The first-order valence-electron chi connectivity index (χ1n) is 10.1. The molecule has 2 atom stereocenters. The first-order chi connectivity index (χ1) is 13.3. The number of nitrogens with one attached hydrogen (secondary N) is 1. The number of rotatable bonds is 7. The van der Waals surface area contributed by atoms with E-state index >= 15 is 0 Å². The fourth-order valence-corrected chi connectivity index (χ4v) is 4.03. The van der Waals surface area contributed by atoms with Gasteiger partial charge < -0.3 is 5.32 Å². The highest BCUT2D eigenvalue weighted by Gasteiger charge is 2.43. The van der Waals surface area contributed by atoms with Gasteiger partial charge in [-0.2, -0.15) is 0 Å². The van der Waals surface area contributed by atoms with E-state index in [1.54, 1.807) is 0 Å². The maximum Gasteiger partial charge on any atom is 0.223 e. The molecular formula is C23H30ClN3O. The van der Waals surface area contributed by atoms with Crippen molar-refractivity contribution in [1.29, 1.82) is 0 Å². The van der Waals surface area contributed by atoms with Gasteiger partial charge in [0.2, 0.25) is 5.91 Å². The van der Waals surface area contributed by atoms with Crippen molar-refractivity contribution in [3.63, 3.8) is 0 Å². The Morgan fingerprint density at radius 3 is 2.18 bits per heavy atom. The van der Waals surface area contributed by atoms with E-state index in [9.17, 15) is 4.79 Å². The Bertz CT molecular complexity index is 732. The number of carbonyl (C=O) groups is 1. The summed E-state index contributed by atoms with van der Waals surface area (Å²) in [5.41, 5.74) is 2.68. The molecule has 1 heterocycles.